The normalized spacial score (nSPS) is 6.84. The highest BCUT2D eigenvalue weighted by molar-refractivity contribution is 9.09. The summed E-state index contributed by atoms with van der Waals surface area (Å²) in [5.74, 6) is -1.66. The molecule has 19 heavy (non-hydrogen) atoms. The van der Waals surface area contributed by atoms with Crippen LogP contribution in [-0.2, 0) is 9.59 Å². The predicted molar refractivity (Wildman–Crippen MR) is 75.9 cm³/mol. The summed E-state index contributed by atoms with van der Waals surface area (Å²) in [5, 5.41) is 36.2. The van der Waals surface area contributed by atoms with Crippen LogP contribution in [0.4, 0.5) is 0 Å². The number of oxime groups is 2. The van der Waals surface area contributed by atoms with Crippen molar-refractivity contribution in [1.29, 1.82) is 0 Å². The number of carboxylic acids is 2. The summed E-state index contributed by atoms with van der Waals surface area (Å²) in [5.41, 5.74) is 1.37. The highest BCUT2D eigenvalue weighted by atomic mass is 79.9. The van der Waals surface area contributed by atoms with Gasteiger partial charge < -0.3 is 20.6 Å². The van der Waals surface area contributed by atoms with E-state index in [2.05, 4.69) is 26.2 Å². The van der Waals surface area contributed by atoms with Crippen LogP contribution in [0, 0.1) is 0 Å². The highest BCUT2D eigenvalue weighted by Crippen LogP contribution is 1.73. The molecule has 0 spiro atoms. The Balaban J connectivity index is -0.0000000793. The zero-order valence-electron chi connectivity index (χ0n) is 11.6. The third-order valence-electron chi connectivity index (χ3n) is 0.514. The van der Waals surface area contributed by atoms with Gasteiger partial charge in [-0.25, -0.2) is 0 Å². The third kappa shape index (κ3) is 177. The number of hydrogen-bond acceptors (Lipinski definition) is 6. The van der Waals surface area contributed by atoms with Gasteiger partial charge in [0.1, 0.15) is 5.33 Å². The largest absolute Gasteiger partial charge is 0.481 e. The van der Waals surface area contributed by atoms with Gasteiger partial charge >= 0.3 is 5.97 Å². The number of hydrogen-bond donors (Lipinski definition) is 4. The summed E-state index contributed by atoms with van der Waals surface area (Å²) >= 11 is 2.71. The standard InChI is InChI=1S/2C3H7NO.C2H3BrO2.C2H4O2/c2*1-3(2)4-5;3-1-2(4)5;1-2(3)4/h2*5H,1-2H3;1H2,(H,4,5);1H3,(H,3,4). The van der Waals surface area contributed by atoms with E-state index in [4.69, 9.17) is 25.4 Å². The number of carboxylic acid groups (broad SMARTS) is 2. The Labute approximate surface area is 120 Å². The predicted octanol–water partition coefficient (Wildman–Crippen LogP) is 2.27. The molecule has 4 N–H and O–H groups in total. The molecule has 0 saturated heterocycles. The molecule has 0 aliphatic rings. The van der Waals surface area contributed by atoms with E-state index in [1.54, 1.807) is 27.7 Å². The topological polar surface area (TPSA) is 140 Å². The van der Waals surface area contributed by atoms with Crippen molar-refractivity contribution in [1.82, 2.24) is 0 Å². The van der Waals surface area contributed by atoms with Gasteiger partial charge in [-0.3, -0.25) is 9.59 Å². The summed E-state index contributed by atoms with van der Waals surface area (Å²) in [4.78, 5) is 18.3. The number of carbonyl (C=O) groups is 2. The minimum absolute atomic E-state index is 0.0347. The molecule has 0 saturated carbocycles. The minimum atomic E-state index is -0.833. The van der Waals surface area contributed by atoms with Crippen molar-refractivity contribution in [2.45, 2.75) is 34.6 Å². The maximum atomic E-state index is 9.32. The molecule has 0 bridgehead atoms. The fraction of sp³-hybridized carbons (Fsp3) is 0.600. The molecule has 0 unspecified atom stereocenters. The van der Waals surface area contributed by atoms with E-state index in [1.165, 1.54) is 0 Å². The quantitative estimate of drug-likeness (QED) is 0.249. The second-order valence-electron chi connectivity index (χ2n) is 3.14. The first-order valence-corrected chi connectivity index (χ1v) is 5.94. The molecule has 0 aromatic carbocycles. The third-order valence-corrected chi connectivity index (χ3v) is 0.994. The molecule has 0 aromatic rings. The van der Waals surface area contributed by atoms with Crippen molar-refractivity contribution in [3.05, 3.63) is 0 Å². The Kier molecular flexibility index (Phi) is 29.6. The van der Waals surface area contributed by atoms with Crippen LogP contribution in [0.1, 0.15) is 34.6 Å². The highest BCUT2D eigenvalue weighted by Gasteiger charge is 1.83. The number of rotatable bonds is 1. The number of halogens is 1. The van der Waals surface area contributed by atoms with Gasteiger partial charge in [-0.05, 0) is 27.7 Å². The molecular weight excluding hydrogens is 324 g/mol. The minimum Gasteiger partial charge on any atom is -0.481 e. The first kappa shape index (κ1) is 26.0. The SMILES string of the molecule is CC(=O)O.CC(C)=NO.CC(C)=NO.O=C(O)CBr. The Morgan fingerprint density at radius 1 is 0.895 bits per heavy atom. The van der Waals surface area contributed by atoms with E-state index in [9.17, 15) is 4.79 Å². The molecule has 0 aromatic heterocycles. The Bertz CT molecular complexity index is 264. The second kappa shape index (κ2) is 21.6. The zero-order valence-corrected chi connectivity index (χ0v) is 13.2. The van der Waals surface area contributed by atoms with Crippen molar-refractivity contribution in [2.24, 2.45) is 10.3 Å². The van der Waals surface area contributed by atoms with E-state index in [0.717, 1.165) is 6.92 Å². The van der Waals surface area contributed by atoms with Crippen molar-refractivity contribution >= 4 is 39.3 Å². The van der Waals surface area contributed by atoms with Crippen LogP contribution in [0.25, 0.3) is 0 Å². The molecule has 8 nitrogen and oxygen atoms in total. The summed E-state index contributed by atoms with van der Waals surface area (Å²) < 4.78 is 0. The number of nitrogens with zero attached hydrogens (tertiary/aromatic N) is 2. The number of aliphatic carboxylic acids is 2. The van der Waals surface area contributed by atoms with Gasteiger partial charge in [-0.2, -0.15) is 0 Å². The van der Waals surface area contributed by atoms with Crippen molar-refractivity contribution in [2.75, 3.05) is 5.33 Å². The van der Waals surface area contributed by atoms with Crippen LogP contribution >= 0.6 is 15.9 Å². The fourth-order valence-electron chi connectivity index (χ4n) is 0. The Hall–Kier alpha value is -1.64. The molecule has 0 heterocycles. The molecule has 0 radical (unpaired) electrons. The van der Waals surface area contributed by atoms with Crippen LogP contribution in [-0.4, -0.2) is 49.3 Å². The van der Waals surface area contributed by atoms with Crippen molar-refractivity contribution in [3.63, 3.8) is 0 Å². The molecule has 0 aliphatic heterocycles. The van der Waals surface area contributed by atoms with Gasteiger partial charge in [0.15, 0.2) is 0 Å². The lowest BCUT2D eigenvalue weighted by Gasteiger charge is -1.72. The molecule has 114 valence electrons. The van der Waals surface area contributed by atoms with Gasteiger partial charge in [0.05, 0.1) is 11.4 Å². The molecule has 0 atom stereocenters. The van der Waals surface area contributed by atoms with Crippen LogP contribution in [0.2, 0.25) is 0 Å². The van der Waals surface area contributed by atoms with Crippen LogP contribution in [0.3, 0.4) is 0 Å². The Morgan fingerprint density at radius 3 is 1.00 bits per heavy atom. The summed E-state index contributed by atoms with van der Waals surface area (Å²) in [7, 11) is 0. The van der Waals surface area contributed by atoms with Gasteiger partial charge in [-0.1, -0.05) is 26.2 Å². The molecule has 0 fully saturated rings. The Morgan fingerprint density at radius 2 is 1.00 bits per heavy atom. The zero-order chi connectivity index (χ0) is 16.4. The van der Waals surface area contributed by atoms with Crippen LogP contribution in [0.15, 0.2) is 10.3 Å². The maximum Gasteiger partial charge on any atom is 0.314 e. The lowest BCUT2D eigenvalue weighted by atomic mass is 10.5. The van der Waals surface area contributed by atoms with E-state index >= 15 is 0 Å². The molecular formula is C10H21BrN2O6. The first-order chi connectivity index (χ1) is 8.54. The maximum absolute atomic E-state index is 9.32. The van der Waals surface area contributed by atoms with Gasteiger partial charge in [0, 0.05) is 6.92 Å². The van der Waals surface area contributed by atoms with E-state index in [0.29, 0.717) is 11.4 Å². The van der Waals surface area contributed by atoms with Gasteiger partial charge in [-0.15, -0.1) is 0 Å². The van der Waals surface area contributed by atoms with Gasteiger partial charge in [0.25, 0.3) is 5.97 Å². The van der Waals surface area contributed by atoms with Crippen LogP contribution < -0.4 is 0 Å². The summed E-state index contributed by atoms with van der Waals surface area (Å²) in [6.45, 7) is 7.97. The van der Waals surface area contributed by atoms with E-state index < -0.39 is 11.9 Å². The molecule has 0 aliphatic carbocycles. The average molecular weight is 345 g/mol. The van der Waals surface area contributed by atoms with Crippen molar-refractivity contribution in [3.8, 4) is 0 Å². The fourth-order valence-corrected chi connectivity index (χ4v) is 0. The average Bonchev–Trinajstić information content (AvgIpc) is 2.29. The summed E-state index contributed by atoms with van der Waals surface area (Å²) in [6.07, 6.45) is 0. The first-order valence-electron chi connectivity index (χ1n) is 4.82. The lowest BCUT2D eigenvalue weighted by Crippen LogP contribution is -1.92. The van der Waals surface area contributed by atoms with E-state index in [-0.39, 0.29) is 5.33 Å². The van der Waals surface area contributed by atoms with Crippen LogP contribution in [0.5, 0.6) is 0 Å². The molecule has 0 rings (SSSR count). The summed E-state index contributed by atoms with van der Waals surface area (Å²) in [6, 6.07) is 0. The molecule has 0 amide bonds. The monoisotopic (exact) mass is 344 g/mol. The van der Waals surface area contributed by atoms with E-state index in [1.807, 2.05) is 0 Å². The van der Waals surface area contributed by atoms with Gasteiger partial charge in [0.2, 0.25) is 0 Å². The lowest BCUT2D eigenvalue weighted by molar-refractivity contribution is -0.135. The second-order valence-corrected chi connectivity index (χ2v) is 3.70. The smallest absolute Gasteiger partial charge is 0.314 e. The van der Waals surface area contributed by atoms with Crippen molar-refractivity contribution < 1.29 is 30.2 Å². The molecule has 9 heteroatoms. The number of alkyl halides is 1.